The molecule has 0 aliphatic carbocycles. The van der Waals surface area contributed by atoms with E-state index >= 15 is 0 Å². The number of nitrogens with one attached hydrogen (secondary N) is 1. The molecule has 0 spiro atoms. The lowest BCUT2D eigenvalue weighted by molar-refractivity contribution is -0.126. The van der Waals surface area contributed by atoms with E-state index < -0.39 is 6.04 Å². The highest BCUT2D eigenvalue weighted by Crippen LogP contribution is 2.27. The number of hydrogen-bond acceptors (Lipinski definition) is 4. The second-order valence-electron chi connectivity index (χ2n) is 7.91. The summed E-state index contributed by atoms with van der Waals surface area (Å²) in [5, 5.41) is 14.4. The lowest BCUT2D eigenvalue weighted by atomic mass is 9.94. The van der Waals surface area contributed by atoms with E-state index in [1.807, 2.05) is 59.5 Å². The molecule has 4 rings (SSSR count). The molecule has 1 unspecified atom stereocenters. The molecule has 162 valence electrons. The summed E-state index contributed by atoms with van der Waals surface area (Å²) in [6, 6.07) is 22.1. The Hall–Kier alpha value is -3.85. The predicted molar refractivity (Wildman–Crippen MR) is 122 cm³/mol. The standard InChI is InChI=1S/C26H25N3O3/c1-32-24-12-5-4-10-22(24)23(17-27)28-25(30)19-13-15-29(16-14-19)26(31)21-11-6-8-18-7-2-3-9-20(18)21/h2-12,19,23H,13-16H2,1H3,(H,28,30). The molecule has 0 aromatic heterocycles. The molecular weight excluding hydrogens is 402 g/mol. The monoisotopic (exact) mass is 427 g/mol. The number of carbonyl (C=O) groups is 2. The zero-order valence-electron chi connectivity index (χ0n) is 18.0. The van der Waals surface area contributed by atoms with Crippen LogP contribution in [0, 0.1) is 17.2 Å². The van der Waals surface area contributed by atoms with Crippen LogP contribution in [0.25, 0.3) is 10.8 Å². The van der Waals surface area contributed by atoms with Crippen LogP contribution in [-0.4, -0.2) is 36.9 Å². The fourth-order valence-electron chi connectivity index (χ4n) is 4.27. The van der Waals surface area contributed by atoms with Crippen LogP contribution in [0.1, 0.15) is 34.8 Å². The number of likely N-dealkylation sites (tertiary alicyclic amines) is 1. The molecule has 6 nitrogen and oxygen atoms in total. The molecule has 1 heterocycles. The summed E-state index contributed by atoms with van der Waals surface area (Å²) in [4.78, 5) is 27.8. The van der Waals surface area contributed by atoms with Gasteiger partial charge in [0.05, 0.1) is 13.2 Å². The van der Waals surface area contributed by atoms with Gasteiger partial charge in [0.1, 0.15) is 11.8 Å². The number of hydrogen-bond donors (Lipinski definition) is 1. The van der Waals surface area contributed by atoms with Gasteiger partial charge in [-0.05, 0) is 35.7 Å². The van der Waals surface area contributed by atoms with Gasteiger partial charge in [0.15, 0.2) is 0 Å². The summed E-state index contributed by atoms with van der Waals surface area (Å²) in [5.74, 6) is 0.149. The predicted octanol–water partition coefficient (Wildman–Crippen LogP) is 4.08. The summed E-state index contributed by atoms with van der Waals surface area (Å²) in [6.07, 6.45) is 1.12. The summed E-state index contributed by atoms with van der Waals surface area (Å²) < 4.78 is 5.32. The largest absolute Gasteiger partial charge is 0.496 e. The Kier molecular flexibility index (Phi) is 6.37. The molecule has 32 heavy (non-hydrogen) atoms. The molecule has 3 aromatic carbocycles. The van der Waals surface area contributed by atoms with Crippen LogP contribution in [0.3, 0.4) is 0 Å². The smallest absolute Gasteiger partial charge is 0.254 e. The molecule has 1 fully saturated rings. The van der Waals surface area contributed by atoms with E-state index in [0.29, 0.717) is 42.8 Å². The summed E-state index contributed by atoms with van der Waals surface area (Å²) >= 11 is 0. The van der Waals surface area contributed by atoms with Crippen LogP contribution >= 0.6 is 0 Å². The Labute approximate surface area is 187 Å². The van der Waals surface area contributed by atoms with E-state index in [2.05, 4.69) is 11.4 Å². The quantitative estimate of drug-likeness (QED) is 0.665. The number of nitriles is 1. The second-order valence-corrected chi connectivity index (χ2v) is 7.91. The van der Waals surface area contributed by atoms with Crippen LogP contribution in [0.2, 0.25) is 0 Å². The van der Waals surface area contributed by atoms with E-state index in [-0.39, 0.29) is 17.7 Å². The fraction of sp³-hybridized carbons (Fsp3) is 0.269. The Bertz CT molecular complexity index is 1170. The average molecular weight is 428 g/mol. The van der Waals surface area contributed by atoms with E-state index in [0.717, 1.165) is 10.8 Å². The maximum atomic E-state index is 13.1. The highest BCUT2D eigenvalue weighted by molar-refractivity contribution is 6.07. The molecule has 1 N–H and O–H groups in total. The van der Waals surface area contributed by atoms with Crippen molar-refractivity contribution in [3.63, 3.8) is 0 Å². The Balaban J connectivity index is 1.40. The summed E-state index contributed by atoms with van der Waals surface area (Å²) in [6.45, 7) is 1.01. The van der Waals surface area contributed by atoms with Gasteiger partial charge >= 0.3 is 0 Å². The number of carbonyl (C=O) groups excluding carboxylic acids is 2. The molecule has 0 saturated carbocycles. The van der Waals surface area contributed by atoms with Crippen molar-refractivity contribution in [2.45, 2.75) is 18.9 Å². The topological polar surface area (TPSA) is 82.4 Å². The molecular formula is C26H25N3O3. The fourth-order valence-corrected chi connectivity index (χ4v) is 4.27. The maximum absolute atomic E-state index is 13.1. The van der Waals surface area contributed by atoms with Crippen molar-refractivity contribution in [2.24, 2.45) is 5.92 Å². The second kappa shape index (κ2) is 9.52. The molecule has 1 aliphatic heterocycles. The SMILES string of the molecule is COc1ccccc1C(C#N)NC(=O)C1CCN(C(=O)c2cccc3ccccc23)CC1. The van der Waals surface area contributed by atoms with E-state index in [1.54, 1.807) is 12.1 Å². The number of nitrogens with zero attached hydrogens (tertiary/aromatic N) is 2. The Morgan fingerprint density at radius 3 is 2.47 bits per heavy atom. The van der Waals surface area contributed by atoms with Crippen LogP contribution in [0.4, 0.5) is 0 Å². The van der Waals surface area contributed by atoms with Crippen LogP contribution in [0.5, 0.6) is 5.75 Å². The number of amides is 2. The average Bonchev–Trinajstić information content (AvgIpc) is 2.86. The van der Waals surface area contributed by atoms with Crippen LogP contribution in [0.15, 0.2) is 66.7 Å². The van der Waals surface area contributed by atoms with Gasteiger partial charge in [-0.25, -0.2) is 0 Å². The summed E-state index contributed by atoms with van der Waals surface area (Å²) in [5.41, 5.74) is 1.32. The first kappa shape index (κ1) is 21.4. The third kappa shape index (κ3) is 4.28. The number of rotatable bonds is 5. The number of para-hydroxylation sites is 1. The molecule has 1 atom stereocenters. The highest BCUT2D eigenvalue weighted by atomic mass is 16.5. The first-order valence-electron chi connectivity index (χ1n) is 10.7. The van der Waals surface area contributed by atoms with Gasteiger partial charge in [-0.15, -0.1) is 0 Å². The van der Waals surface area contributed by atoms with E-state index in [4.69, 9.17) is 4.74 Å². The molecule has 3 aromatic rings. The van der Waals surface area contributed by atoms with Crippen molar-refractivity contribution in [3.8, 4) is 11.8 Å². The third-order valence-corrected chi connectivity index (χ3v) is 6.04. The number of fused-ring (bicyclic) bond motifs is 1. The van der Waals surface area contributed by atoms with Gasteiger partial charge in [0, 0.05) is 30.1 Å². The van der Waals surface area contributed by atoms with Crippen molar-refractivity contribution in [1.82, 2.24) is 10.2 Å². The van der Waals surface area contributed by atoms with Crippen molar-refractivity contribution >= 4 is 22.6 Å². The third-order valence-electron chi connectivity index (χ3n) is 6.04. The minimum atomic E-state index is -0.783. The number of benzene rings is 3. The van der Waals surface area contributed by atoms with Crippen molar-refractivity contribution in [3.05, 3.63) is 77.9 Å². The Morgan fingerprint density at radius 1 is 1.03 bits per heavy atom. The highest BCUT2D eigenvalue weighted by Gasteiger charge is 2.30. The lowest BCUT2D eigenvalue weighted by Gasteiger charge is -2.32. The lowest BCUT2D eigenvalue weighted by Crippen LogP contribution is -2.43. The number of ether oxygens (including phenoxy) is 1. The van der Waals surface area contributed by atoms with E-state index in [1.165, 1.54) is 7.11 Å². The molecule has 2 amide bonds. The normalized spacial score (nSPS) is 15.1. The van der Waals surface area contributed by atoms with Crippen molar-refractivity contribution < 1.29 is 14.3 Å². The van der Waals surface area contributed by atoms with Gasteiger partial charge in [-0.1, -0.05) is 54.6 Å². The molecule has 0 bridgehead atoms. The van der Waals surface area contributed by atoms with E-state index in [9.17, 15) is 14.9 Å². The molecule has 1 saturated heterocycles. The van der Waals surface area contributed by atoms with Gasteiger partial charge < -0.3 is 15.0 Å². The first-order chi connectivity index (χ1) is 15.6. The molecule has 1 aliphatic rings. The minimum absolute atomic E-state index is 0.00965. The van der Waals surface area contributed by atoms with Crippen molar-refractivity contribution in [2.75, 3.05) is 20.2 Å². The molecule has 6 heteroatoms. The maximum Gasteiger partial charge on any atom is 0.254 e. The van der Waals surface area contributed by atoms with Gasteiger partial charge in [0.25, 0.3) is 5.91 Å². The first-order valence-corrected chi connectivity index (χ1v) is 10.7. The Morgan fingerprint density at radius 2 is 1.72 bits per heavy atom. The van der Waals surface area contributed by atoms with Gasteiger partial charge in [0.2, 0.25) is 5.91 Å². The van der Waals surface area contributed by atoms with Crippen LogP contribution < -0.4 is 10.1 Å². The number of piperidine rings is 1. The van der Waals surface area contributed by atoms with Crippen molar-refractivity contribution in [1.29, 1.82) is 5.26 Å². The van der Waals surface area contributed by atoms with Gasteiger partial charge in [-0.3, -0.25) is 9.59 Å². The number of methoxy groups -OCH3 is 1. The minimum Gasteiger partial charge on any atom is -0.496 e. The molecule has 0 radical (unpaired) electrons. The van der Waals surface area contributed by atoms with Gasteiger partial charge in [-0.2, -0.15) is 5.26 Å². The zero-order valence-corrected chi connectivity index (χ0v) is 18.0. The van der Waals surface area contributed by atoms with Crippen LogP contribution in [-0.2, 0) is 4.79 Å². The zero-order chi connectivity index (χ0) is 22.5. The summed E-state index contributed by atoms with van der Waals surface area (Å²) in [7, 11) is 1.54.